The quantitative estimate of drug-likeness (QED) is 0.612. The lowest BCUT2D eigenvalue weighted by atomic mass is 10.1. The minimum Gasteiger partial charge on any atom is -0.429 e. The van der Waals surface area contributed by atoms with Crippen molar-refractivity contribution in [1.29, 1.82) is 0 Å². The fourth-order valence-corrected chi connectivity index (χ4v) is 1.67. The topological polar surface area (TPSA) is 47.6 Å². The summed E-state index contributed by atoms with van der Waals surface area (Å²) in [5.74, 6) is 0.510. The molecule has 2 rings (SSSR count). The van der Waals surface area contributed by atoms with Crippen molar-refractivity contribution in [3.05, 3.63) is 30.3 Å². The first kappa shape index (κ1) is 11.0. The molecule has 0 radical (unpaired) electrons. The van der Waals surface area contributed by atoms with Crippen LogP contribution in [0.2, 0.25) is 0 Å². The first-order valence-corrected chi connectivity index (χ1v) is 5.49. The first-order chi connectivity index (χ1) is 7.84. The van der Waals surface area contributed by atoms with E-state index < -0.39 is 6.16 Å². The second-order valence-electron chi connectivity index (χ2n) is 3.75. The van der Waals surface area contributed by atoms with Gasteiger partial charge in [0.25, 0.3) is 0 Å². The molecule has 0 spiro atoms. The maximum absolute atomic E-state index is 11.4. The van der Waals surface area contributed by atoms with Gasteiger partial charge in [-0.3, -0.25) is 0 Å². The SMILES string of the molecule is O=C(Oc1ccccc1)OC1CCCNC1. The van der Waals surface area contributed by atoms with Crippen LogP contribution in [0.4, 0.5) is 4.79 Å². The van der Waals surface area contributed by atoms with Gasteiger partial charge < -0.3 is 14.8 Å². The molecule has 1 aromatic rings. The Morgan fingerprint density at radius 2 is 2.12 bits per heavy atom. The summed E-state index contributed by atoms with van der Waals surface area (Å²) in [6.45, 7) is 1.71. The van der Waals surface area contributed by atoms with Crippen LogP contribution in [-0.4, -0.2) is 25.3 Å². The Morgan fingerprint density at radius 1 is 1.31 bits per heavy atom. The molecule has 1 atom stereocenters. The number of nitrogens with one attached hydrogen (secondary N) is 1. The predicted molar refractivity (Wildman–Crippen MR) is 59.4 cm³/mol. The highest BCUT2D eigenvalue weighted by Gasteiger charge is 2.18. The van der Waals surface area contributed by atoms with Gasteiger partial charge in [-0.05, 0) is 31.5 Å². The molecule has 1 heterocycles. The Balaban J connectivity index is 1.80. The van der Waals surface area contributed by atoms with Crippen molar-refractivity contribution < 1.29 is 14.3 Å². The number of hydrogen-bond acceptors (Lipinski definition) is 4. The van der Waals surface area contributed by atoms with Crippen molar-refractivity contribution in [3.63, 3.8) is 0 Å². The molecular formula is C12H15NO3. The van der Waals surface area contributed by atoms with Crippen LogP contribution >= 0.6 is 0 Å². The maximum Gasteiger partial charge on any atom is 0.514 e. The van der Waals surface area contributed by atoms with E-state index in [9.17, 15) is 4.79 Å². The van der Waals surface area contributed by atoms with Crippen LogP contribution in [0.5, 0.6) is 5.75 Å². The first-order valence-electron chi connectivity index (χ1n) is 5.49. The Hall–Kier alpha value is -1.55. The number of para-hydroxylation sites is 1. The van der Waals surface area contributed by atoms with Crippen molar-refractivity contribution in [2.45, 2.75) is 18.9 Å². The molecule has 1 saturated heterocycles. The molecule has 16 heavy (non-hydrogen) atoms. The molecule has 1 aliphatic heterocycles. The van der Waals surface area contributed by atoms with Gasteiger partial charge in [-0.1, -0.05) is 18.2 Å². The molecule has 1 N–H and O–H groups in total. The van der Waals surface area contributed by atoms with Crippen LogP contribution < -0.4 is 10.1 Å². The third-order valence-corrected chi connectivity index (χ3v) is 2.46. The molecule has 1 fully saturated rings. The number of piperidine rings is 1. The molecule has 1 unspecified atom stereocenters. The summed E-state index contributed by atoms with van der Waals surface area (Å²) in [6.07, 6.45) is 1.24. The molecule has 86 valence electrons. The average molecular weight is 221 g/mol. The van der Waals surface area contributed by atoms with Crippen molar-refractivity contribution in [1.82, 2.24) is 5.32 Å². The fourth-order valence-electron chi connectivity index (χ4n) is 1.67. The summed E-state index contributed by atoms with van der Waals surface area (Å²) in [5.41, 5.74) is 0. The number of carbonyl (C=O) groups excluding carboxylic acids is 1. The zero-order valence-electron chi connectivity index (χ0n) is 9.02. The van der Waals surface area contributed by atoms with E-state index >= 15 is 0 Å². The lowest BCUT2D eigenvalue weighted by molar-refractivity contribution is 0.0475. The Labute approximate surface area is 94.6 Å². The minimum absolute atomic E-state index is 0.0648. The highest BCUT2D eigenvalue weighted by atomic mass is 16.7. The van der Waals surface area contributed by atoms with Gasteiger partial charge in [0.05, 0.1) is 0 Å². The molecule has 0 aromatic heterocycles. The zero-order valence-corrected chi connectivity index (χ0v) is 9.02. The Bertz CT molecular complexity index is 333. The standard InChI is InChI=1S/C12H15NO3/c14-12(15-10-5-2-1-3-6-10)16-11-7-4-8-13-9-11/h1-3,5-6,11,13H,4,7-9H2. The van der Waals surface area contributed by atoms with Crippen molar-refractivity contribution in [2.24, 2.45) is 0 Å². The lowest BCUT2D eigenvalue weighted by Crippen LogP contribution is -2.37. The van der Waals surface area contributed by atoms with Crippen molar-refractivity contribution >= 4 is 6.16 Å². The van der Waals surface area contributed by atoms with Gasteiger partial charge in [-0.15, -0.1) is 0 Å². The van der Waals surface area contributed by atoms with Crippen molar-refractivity contribution in [2.75, 3.05) is 13.1 Å². The van der Waals surface area contributed by atoms with Crippen molar-refractivity contribution in [3.8, 4) is 5.75 Å². The number of hydrogen-bond donors (Lipinski definition) is 1. The van der Waals surface area contributed by atoms with Gasteiger partial charge in [0.1, 0.15) is 11.9 Å². The summed E-state index contributed by atoms with van der Waals surface area (Å²) in [7, 11) is 0. The second kappa shape index (κ2) is 5.51. The Morgan fingerprint density at radius 3 is 2.81 bits per heavy atom. The average Bonchev–Trinajstić information content (AvgIpc) is 2.31. The molecule has 0 aliphatic carbocycles. The van der Waals surface area contributed by atoms with E-state index in [1.807, 2.05) is 18.2 Å². The van der Waals surface area contributed by atoms with Gasteiger partial charge >= 0.3 is 6.16 Å². The molecule has 1 aromatic carbocycles. The van der Waals surface area contributed by atoms with Gasteiger partial charge in [-0.25, -0.2) is 4.79 Å². The molecule has 4 heteroatoms. The minimum atomic E-state index is -0.625. The van der Waals surface area contributed by atoms with Gasteiger partial charge in [0, 0.05) is 6.54 Å². The van der Waals surface area contributed by atoms with Crippen LogP contribution in [0.3, 0.4) is 0 Å². The van der Waals surface area contributed by atoms with Gasteiger partial charge in [0.2, 0.25) is 0 Å². The van der Waals surface area contributed by atoms with Crippen LogP contribution in [-0.2, 0) is 4.74 Å². The summed E-state index contributed by atoms with van der Waals surface area (Å²) in [6, 6.07) is 8.93. The fraction of sp³-hybridized carbons (Fsp3) is 0.417. The number of carbonyl (C=O) groups is 1. The molecular weight excluding hydrogens is 206 g/mol. The van der Waals surface area contributed by atoms with E-state index in [0.717, 1.165) is 19.4 Å². The zero-order chi connectivity index (χ0) is 11.2. The molecule has 0 bridgehead atoms. The van der Waals surface area contributed by atoms with Crippen LogP contribution in [0.15, 0.2) is 30.3 Å². The second-order valence-corrected chi connectivity index (χ2v) is 3.75. The smallest absolute Gasteiger partial charge is 0.429 e. The molecule has 0 saturated carbocycles. The molecule has 0 amide bonds. The number of rotatable bonds is 2. The van der Waals surface area contributed by atoms with E-state index in [-0.39, 0.29) is 6.10 Å². The third kappa shape index (κ3) is 3.24. The summed E-state index contributed by atoms with van der Waals surface area (Å²) < 4.78 is 10.2. The monoisotopic (exact) mass is 221 g/mol. The molecule has 1 aliphatic rings. The van der Waals surface area contributed by atoms with Gasteiger partial charge in [-0.2, -0.15) is 0 Å². The van der Waals surface area contributed by atoms with E-state index in [2.05, 4.69) is 5.32 Å². The van der Waals surface area contributed by atoms with Crippen LogP contribution in [0, 0.1) is 0 Å². The van der Waals surface area contributed by atoms with E-state index in [1.54, 1.807) is 12.1 Å². The highest BCUT2D eigenvalue weighted by molar-refractivity contribution is 5.63. The largest absolute Gasteiger partial charge is 0.514 e. The van der Waals surface area contributed by atoms with Crippen LogP contribution in [0.1, 0.15) is 12.8 Å². The lowest BCUT2D eigenvalue weighted by Gasteiger charge is -2.22. The van der Waals surface area contributed by atoms with Crippen LogP contribution in [0.25, 0.3) is 0 Å². The van der Waals surface area contributed by atoms with E-state index in [4.69, 9.17) is 9.47 Å². The number of ether oxygens (including phenoxy) is 2. The maximum atomic E-state index is 11.4. The molecule has 4 nitrogen and oxygen atoms in total. The number of benzene rings is 1. The van der Waals surface area contributed by atoms with E-state index in [1.165, 1.54) is 0 Å². The normalized spacial score (nSPS) is 20.1. The third-order valence-electron chi connectivity index (χ3n) is 2.46. The summed E-state index contributed by atoms with van der Waals surface area (Å²) in [5, 5.41) is 3.17. The summed E-state index contributed by atoms with van der Waals surface area (Å²) >= 11 is 0. The predicted octanol–water partition coefficient (Wildman–Crippen LogP) is 1.95. The van der Waals surface area contributed by atoms with Gasteiger partial charge in [0.15, 0.2) is 0 Å². The van der Waals surface area contributed by atoms with E-state index in [0.29, 0.717) is 12.3 Å². The highest BCUT2D eigenvalue weighted by Crippen LogP contribution is 2.12. The summed E-state index contributed by atoms with van der Waals surface area (Å²) in [4.78, 5) is 11.4. The Kier molecular flexibility index (Phi) is 3.77.